The number of carbonyl (C=O) groups excluding carboxylic acids is 1. The molecule has 28 heavy (non-hydrogen) atoms. The molecule has 4 rings (SSSR count). The number of hydrogen-bond donors (Lipinski definition) is 2. The van der Waals surface area contributed by atoms with Crippen LogP contribution in [0.25, 0.3) is 10.9 Å². The van der Waals surface area contributed by atoms with Crippen molar-refractivity contribution in [3.63, 3.8) is 0 Å². The Morgan fingerprint density at radius 1 is 1.32 bits per heavy atom. The smallest absolute Gasteiger partial charge is 0.224 e. The summed E-state index contributed by atoms with van der Waals surface area (Å²) in [5.41, 5.74) is 5.86. The number of nitrogens with zero attached hydrogens (tertiary/aromatic N) is 1. The number of amides is 1. The van der Waals surface area contributed by atoms with Crippen molar-refractivity contribution in [2.75, 3.05) is 13.1 Å². The van der Waals surface area contributed by atoms with Crippen LogP contribution in [0.3, 0.4) is 0 Å². The molecule has 2 N–H and O–H groups in total. The van der Waals surface area contributed by atoms with Gasteiger partial charge in [0.2, 0.25) is 5.91 Å². The van der Waals surface area contributed by atoms with Gasteiger partial charge in [-0.15, -0.1) is 11.3 Å². The fourth-order valence-corrected chi connectivity index (χ4v) is 5.19. The average molecular weight is 396 g/mol. The second kappa shape index (κ2) is 8.10. The van der Waals surface area contributed by atoms with Crippen molar-refractivity contribution in [3.05, 3.63) is 56.9 Å². The van der Waals surface area contributed by atoms with E-state index in [9.17, 15) is 4.79 Å². The summed E-state index contributed by atoms with van der Waals surface area (Å²) in [5, 5.41) is 6.62. The Morgan fingerprint density at radius 2 is 2.18 bits per heavy atom. The van der Waals surface area contributed by atoms with Crippen LogP contribution in [0.4, 0.5) is 0 Å². The molecule has 5 heteroatoms. The predicted octanol–water partition coefficient (Wildman–Crippen LogP) is 4.48. The lowest BCUT2D eigenvalue weighted by atomic mass is 10.0. The maximum absolute atomic E-state index is 12.8. The molecular weight excluding hydrogens is 366 g/mol. The number of benzene rings is 1. The van der Waals surface area contributed by atoms with Gasteiger partial charge in [-0.05, 0) is 68.8 Å². The third-order valence-corrected chi connectivity index (χ3v) is 6.60. The molecule has 1 amide bonds. The molecule has 4 nitrogen and oxygen atoms in total. The fraction of sp³-hybridized carbons (Fsp3) is 0.435. The first-order chi connectivity index (χ1) is 13.5. The van der Waals surface area contributed by atoms with Gasteiger partial charge in [0.15, 0.2) is 0 Å². The van der Waals surface area contributed by atoms with E-state index >= 15 is 0 Å². The van der Waals surface area contributed by atoms with E-state index in [0.29, 0.717) is 6.42 Å². The highest BCUT2D eigenvalue weighted by molar-refractivity contribution is 7.09. The van der Waals surface area contributed by atoms with Crippen molar-refractivity contribution in [1.29, 1.82) is 0 Å². The van der Waals surface area contributed by atoms with Gasteiger partial charge in [0, 0.05) is 40.6 Å². The van der Waals surface area contributed by atoms with Gasteiger partial charge in [0.1, 0.15) is 0 Å². The number of carbonyl (C=O) groups is 1. The minimum Gasteiger partial charge on any atom is -0.358 e. The summed E-state index contributed by atoms with van der Waals surface area (Å²) < 4.78 is 0. The van der Waals surface area contributed by atoms with Crippen LogP contribution >= 0.6 is 11.3 Å². The lowest BCUT2D eigenvalue weighted by molar-refractivity contribution is -0.121. The summed E-state index contributed by atoms with van der Waals surface area (Å²) in [4.78, 5) is 20.2. The molecule has 0 unspecified atom stereocenters. The van der Waals surface area contributed by atoms with E-state index < -0.39 is 0 Å². The molecular formula is C23H29N3OS. The number of likely N-dealkylation sites (tertiary alicyclic amines) is 1. The van der Waals surface area contributed by atoms with E-state index in [1.807, 2.05) is 0 Å². The highest BCUT2D eigenvalue weighted by Gasteiger charge is 2.22. The lowest BCUT2D eigenvalue weighted by Gasteiger charge is -2.32. The zero-order valence-corrected chi connectivity index (χ0v) is 17.8. The topological polar surface area (TPSA) is 48.1 Å². The third-order valence-electron chi connectivity index (χ3n) is 5.74. The molecule has 1 atom stereocenters. The van der Waals surface area contributed by atoms with E-state index in [4.69, 9.17) is 0 Å². The Balaban J connectivity index is 1.42. The van der Waals surface area contributed by atoms with E-state index in [-0.39, 0.29) is 11.9 Å². The molecule has 1 aliphatic rings. The van der Waals surface area contributed by atoms with Gasteiger partial charge in [0.05, 0.1) is 6.42 Å². The second-order valence-corrected chi connectivity index (χ2v) is 9.16. The number of nitrogens with one attached hydrogen (secondary N) is 2. The fourth-order valence-electron chi connectivity index (χ4n) is 4.44. The van der Waals surface area contributed by atoms with Crippen molar-refractivity contribution in [2.45, 2.75) is 52.6 Å². The summed E-state index contributed by atoms with van der Waals surface area (Å²) >= 11 is 1.81. The minimum atomic E-state index is 0.131. The van der Waals surface area contributed by atoms with Crippen molar-refractivity contribution in [3.8, 4) is 0 Å². The molecule has 3 aromatic rings. The Morgan fingerprint density at radius 3 is 2.96 bits per heavy atom. The molecule has 0 saturated carbocycles. The summed E-state index contributed by atoms with van der Waals surface area (Å²) in [5.74, 6) is 0.131. The average Bonchev–Trinajstić information content (AvgIpc) is 3.25. The van der Waals surface area contributed by atoms with E-state index in [2.05, 4.69) is 65.6 Å². The van der Waals surface area contributed by atoms with E-state index in [1.165, 1.54) is 21.4 Å². The van der Waals surface area contributed by atoms with Gasteiger partial charge in [-0.3, -0.25) is 9.69 Å². The van der Waals surface area contributed by atoms with Crippen LogP contribution in [0, 0.1) is 20.8 Å². The molecule has 0 bridgehead atoms. The van der Waals surface area contributed by atoms with Crippen molar-refractivity contribution in [2.24, 2.45) is 0 Å². The summed E-state index contributed by atoms with van der Waals surface area (Å²) in [7, 11) is 0. The van der Waals surface area contributed by atoms with E-state index in [1.54, 1.807) is 11.3 Å². The number of rotatable bonds is 5. The molecule has 1 aromatic carbocycles. The molecule has 2 aromatic heterocycles. The van der Waals surface area contributed by atoms with Crippen LogP contribution in [-0.2, 0) is 17.8 Å². The Hall–Kier alpha value is -2.11. The number of fused-ring (bicyclic) bond motifs is 1. The first kappa shape index (κ1) is 19.2. The van der Waals surface area contributed by atoms with Crippen LogP contribution in [0.15, 0.2) is 29.6 Å². The monoisotopic (exact) mass is 395 g/mol. The van der Waals surface area contributed by atoms with Crippen LogP contribution in [0.5, 0.6) is 0 Å². The molecule has 0 radical (unpaired) electrons. The van der Waals surface area contributed by atoms with Gasteiger partial charge in [-0.1, -0.05) is 17.7 Å². The molecule has 1 aliphatic heterocycles. The lowest BCUT2D eigenvalue weighted by Crippen LogP contribution is -2.47. The van der Waals surface area contributed by atoms with Gasteiger partial charge in [0.25, 0.3) is 0 Å². The molecule has 148 valence electrons. The van der Waals surface area contributed by atoms with Gasteiger partial charge < -0.3 is 10.3 Å². The summed E-state index contributed by atoms with van der Waals surface area (Å²) in [6, 6.07) is 8.92. The maximum atomic E-state index is 12.8. The summed E-state index contributed by atoms with van der Waals surface area (Å²) in [6.45, 7) is 9.35. The zero-order chi connectivity index (χ0) is 19.7. The highest BCUT2D eigenvalue weighted by atomic mass is 32.1. The number of hydrogen-bond acceptors (Lipinski definition) is 3. The normalized spacial score (nSPS) is 17.9. The van der Waals surface area contributed by atoms with Gasteiger partial charge in [-0.25, -0.2) is 0 Å². The zero-order valence-electron chi connectivity index (χ0n) is 17.0. The number of aromatic amines is 1. The summed E-state index contributed by atoms with van der Waals surface area (Å²) in [6.07, 6.45) is 2.65. The maximum Gasteiger partial charge on any atom is 0.224 e. The SMILES string of the molecule is Cc1cc(C)c2[nH]c(C)c(CC(=O)N[C@@H]3CCCN(Cc4cccs4)C3)c2c1. The van der Waals surface area contributed by atoms with Gasteiger partial charge in [-0.2, -0.15) is 0 Å². The Bertz CT molecular complexity index is 974. The third kappa shape index (κ3) is 4.15. The molecule has 1 saturated heterocycles. The largest absolute Gasteiger partial charge is 0.358 e. The van der Waals surface area contributed by atoms with Gasteiger partial charge >= 0.3 is 0 Å². The quantitative estimate of drug-likeness (QED) is 0.669. The predicted molar refractivity (Wildman–Crippen MR) is 117 cm³/mol. The number of aromatic nitrogens is 1. The Kier molecular flexibility index (Phi) is 5.56. The van der Waals surface area contributed by atoms with Crippen molar-refractivity contribution >= 4 is 28.1 Å². The molecule has 0 aliphatic carbocycles. The van der Waals surface area contributed by atoms with Crippen LogP contribution in [0.1, 0.15) is 40.1 Å². The van der Waals surface area contributed by atoms with E-state index in [0.717, 1.165) is 49.2 Å². The van der Waals surface area contributed by atoms with Crippen LogP contribution in [0.2, 0.25) is 0 Å². The standard InChI is InChI=1S/C23H29N3OS/c1-15-10-16(2)23-21(11-15)20(17(3)24-23)12-22(27)25-18-6-4-8-26(13-18)14-19-7-5-9-28-19/h5,7,9-11,18,24H,4,6,8,12-14H2,1-3H3,(H,25,27)/t18-/m1/s1. The van der Waals surface area contributed by atoms with Crippen LogP contribution < -0.4 is 5.32 Å². The number of thiophene rings is 1. The number of aryl methyl sites for hydroxylation is 3. The Labute approximate surface area is 170 Å². The number of piperidine rings is 1. The number of H-pyrrole nitrogens is 1. The first-order valence-corrected chi connectivity index (χ1v) is 11.0. The second-order valence-electron chi connectivity index (χ2n) is 8.13. The van der Waals surface area contributed by atoms with Crippen molar-refractivity contribution in [1.82, 2.24) is 15.2 Å². The van der Waals surface area contributed by atoms with Crippen molar-refractivity contribution < 1.29 is 4.79 Å². The highest BCUT2D eigenvalue weighted by Crippen LogP contribution is 2.27. The minimum absolute atomic E-state index is 0.131. The molecule has 0 spiro atoms. The first-order valence-electron chi connectivity index (χ1n) is 10.1. The molecule has 1 fully saturated rings. The molecule has 3 heterocycles. The van der Waals surface area contributed by atoms with Crippen LogP contribution in [-0.4, -0.2) is 34.9 Å².